The molecule has 3 heterocycles. The van der Waals surface area contributed by atoms with Crippen LogP contribution in [0.25, 0.3) is 10.9 Å². The maximum Gasteiger partial charge on any atom is 0.252 e. The van der Waals surface area contributed by atoms with Gasteiger partial charge >= 0.3 is 0 Å². The molecule has 3 fully saturated rings. The van der Waals surface area contributed by atoms with E-state index in [1.165, 1.54) is 24.1 Å². The van der Waals surface area contributed by atoms with Crippen LogP contribution < -0.4 is 15.0 Å². The highest BCUT2D eigenvalue weighted by Crippen LogP contribution is 2.49. The third-order valence-electron chi connectivity index (χ3n) is 8.46. The van der Waals surface area contributed by atoms with Gasteiger partial charge in [0, 0.05) is 51.3 Å². The van der Waals surface area contributed by atoms with Crippen molar-refractivity contribution < 1.29 is 9.53 Å². The highest BCUT2D eigenvalue weighted by Gasteiger charge is 2.47. The lowest BCUT2D eigenvalue weighted by atomic mass is 9.96. The van der Waals surface area contributed by atoms with E-state index < -0.39 is 0 Å². The molecule has 7 heteroatoms. The van der Waals surface area contributed by atoms with Crippen molar-refractivity contribution in [3.63, 3.8) is 0 Å². The Kier molecular flexibility index (Phi) is 5.38. The van der Waals surface area contributed by atoms with Gasteiger partial charge < -0.3 is 19.9 Å². The van der Waals surface area contributed by atoms with Crippen molar-refractivity contribution in [2.75, 3.05) is 38.2 Å². The first kappa shape index (κ1) is 22.6. The molecule has 1 atom stereocenters. The summed E-state index contributed by atoms with van der Waals surface area (Å²) in [6.45, 7) is 5.99. The number of hydrogen-bond donors (Lipinski definition) is 1. The van der Waals surface area contributed by atoms with Crippen molar-refractivity contribution in [1.29, 1.82) is 0 Å². The summed E-state index contributed by atoms with van der Waals surface area (Å²) in [7, 11) is 3.24. The number of likely N-dealkylation sites (tertiary alicyclic amines) is 1. The van der Waals surface area contributed by atoms with E-state index in [4.69, 9.17) is 4.74 Å². The van der Waals surface area contributed by atoms with E-state index in [9.17, 15) is 4.79 Å². The van der Waals surface area contributed by atoms with E-state index in [0.717, 1.165) is 64.9 Å². The van der Waals surface area contributed by atoms with Crippen molar-refractivity contribution in [3.8, 4) is 5.75 Å². The summed E-state index contributed by atoms with van der Waals surface area (Å²) >= 11 is 0. The summed E-state index contributed by atoms with van der Waals surface area (Å²) in [6.07, 6.45) is 6.15. The Labute approximate surface area is 210 Å². The number of fused-ring (bicyclic) bond motifs is 1. The first-order chi connectivity index (χ1) is 16.9. The van der Waals surface area contributed by atoms with Crippen molar-refractivity contribution in [1.82, 2.24) is 15.2 Å². The van der Waals surface area contributed by atoms with Crippen LogP contribution in [0.5, 0.6) is 5.75 Å². The Morgan fingerprint density at radius 2 is 1.97 bits per heavy atom. The van der Waals surface area contributed by atoms with Crippen LogP contribution in [0, 0.1) is 6.92 Å². The summed E-state index contributed by atoms with van der Waals surface area (Å²) in [5.74, 6) is 0.744. The van der Waals surface area contributed by atoms with Gasteiger partial charge in [-0.05, 0) is 87.7 Å². The zero-order chi connectivity index (χ0) is 24.2. The molecule has 1 amide bonds. The van der Waals surface area contributed by atoms with Crippen LogP contribution in [-0.2, 0) is 5.54 Å². The summed E-state index contributed by atoms with van der Waals surface area (Å²) in [4.78, 5) is 23.0. The van der Waals surface area contributed by atoms with Crippen LogP contribution in [0.4, 0.5) is 5.69 Å². The zero-order valence-electron chi connectivity index (χ0n) is 20.9. The topological polar surface area (TPSA) is 57.7 Å². The highest BCUT2D eigenvalue weighted by atomic mass is 28.1. The number of nitrogens with zero attached hydrogens (tertiary/aromatic N) is 3. The van der Waals surface area contributed by atoms with Crippen LogP contribution in [0.1, 0.15) is 47.2 Å². The molecule has 1 aliphatic carbocycles. The minimum Gasteiger partial charge on any atom is -0.492 e. The van der Waals surface area contributed by atoms with Crippen molar-refractivity contribution >= 4 is 32.7 Å². The second-order valence-corrected chi connectivity index (χ2v) is 12.7. The van der Waals surface area contributed by atoms with E-state index in [0.29, 0.717) is 12.2 Å². The average molecular weight is 487 g/mol. The number of amides is 1. The number of anilines is 1. The van der Waals surface area contributed by atoms with Crippen LogP contribution in [0.15, 0.2) is 48.7 Å². The fourth-order valence-electron chi connectivity index (χ4n) is 5.27. The van der Waals surface area contributed by atoms with Gasteiger partial charge in [0.05, 0.1) is 11.1 Å². The van der Waals surface area contributed by atoms with Crippen molar-refractivity contribution in [2.45, 2.75) is 43.3 Å². The van der Waals surface area contributed by atoms with Gasteiger partial charge in [-0.2, -0.15) is 0 Å². The summed E-state index contributed by atoms with van der Waals surface area (Å²) in [5, 5.41) is 4.76. The van der Waals surface area contributed by atoms with Gasteiger partial charge in [-0.25, -0.2) is 0 Å². The van der Waals surface area contributed by atoms with E-state index in [2.05, 4.69) is 45.3 Å². The van der Waals surface area contributed by atoms with Crippen LogP contribution in [-0.4, -0.2) is 64.5 Å². The molecule has 3 aliphatic rings. The molecule has 182 valence electrons. The summed E-state index contributed by atoms with van der Waals surface area (Å²) < 4.78 is 6.18. The standard InChI is InChI=1S/C28H34N4O2Si/c1-19-6-7-21(34-18-28(35)10-14-31(28)2)17-23(19)26(33)30-27(8-9-27)24-15-20(32-12-4-13-32)16-25-22(24)5-3-11-29-25/h3,5-7,11,15-17H,4,8-10,12-14,18H2,1-2,35H3,(H,30,33)/t28-/m1/s1. The smallest absolute Gasteiger partial charge is 0.252 e. The molecule has 2 saturated heterocycles. The number of ether oxygens (including phenoxy) is 1. The number of carbonyl (C=O) groups is 1. The van der Waals surface area contributed by atoms with Gasteiger partial charge in [0.25, 0.3) is 5.91 Å². The minimum absolute atomic E-state index is 0.0295. The second-order valence-electron chi connectivity index (χ2n) is 10.9. The molecule has 1 N–H and O–H groups in total. The largest absolute Gasteiger partial charge is 0.492 e. The van der Waals surface area contributed by atoms with E-state index in [1.54, 1.807) is 0 Å². The Balaban J connectivity index is 1.26. The fourth-order valence-corrected chi connectivity index (χ4v) is 5.86. The molecule has 6 rings (SSSR count). The maximum atomic E-state index is 13.6. The number of nitrogens with one attached hydrogen (secondary N) is 1. The van der Waals surface area contributed by atoms with E-state index in [1.807, 2.05) is 37.4 Å². The first-order valence-electron chi connectivity index (χ1n) is 12.8. The molecule has 3 aromatic rings. The summed E-state index contributed by atoms with van der Waals surface area (Å²) in [6, 6.07) is 14.5. The maximum absolute atomic E-state index is 13.6. The molecule has 35 heavy (non-hydrogen) atoms. The average Bonchev–Trinajstić information content (AvgIpc) is 3.61. The molecule has 6 nitrogen and oxygen atoms in total. The van der Waals surface area contributed by atoms with Gasteiger partial charge in [0.2, 0.25) is 0 Å². The third kappa shape index (κ3) is 4.00. The summed E-state index contributed by atoms with van der Waals surface area (Å²) in [5.41, 5.74) is 4.72. The highest BCUT2D eigenvalue weighted by molar-refractivity contribution is 6.16. The molecular formula is C28H34N4O2Si. The Hall–Kier alpha value is -2.90. The number of carbonyl (C=O) groups excluding carboxylic acids is 1. The molecule has 0 radical (unpaired) electrons. The number of hydrogen-bond acceptors (Lipinski definition) is 5. The molecular weight excluding hydrogens is 452 g/mol. The van der Waals surface area contributed by atoms with Gasteiger partial charge in [0.15, 0.2) is 0 Å². The normalized spacial score (nSPS) is 23.0. The Morgan fingerprint density at radius 1 is 1.14 bits per heavy atom. The number of aromatic nitrogens is 1. The molecule has 2 aromatic carbocycles. The van der Waals surface area contributed by atoms with Crippen LogP contribution in [0.2, 0.25) is 0 Å². The first-order valence-corrected chi connectivity index (χ1v) is 13.8. The molecule has 0 spiro atoms. The van der Waals surface area contributed by atoms with Gasteiger partial charge in [-0.1, -0.05) is 12.1 Å². The van der Waals surface area contributed by atoms with Gasteiger partial charge in [-0.15, -0.1) is 0 Å². The van der Waals surface area contributed by atoms with Gasteiger partial charge in [0.1, 0.15) is 12.4 Å². The molecule has 2 aliphatic heterocycles. The Bertz CT molecular complexity index is 1300. The van der Waals surface area contributed by atoms with Crippen molar-refractivity contribution in [3.05, 3.63) is 65.4 Å². The minimum atomic E-state index is -0.337. The van der Waals surface area contributed by atoms with Crippen molar-refractivity contribution in [2.24, 2.45) is 0 Å². The predicted molar refractivity (Wildman–Crippen MR) is 144 cm³/mol. The number of aryl methyl sites for hydroxylation is 1. The monoisotopic (exact) mass is 486 g/mol. The SMILES string of the molecule is Cc1ccc(OC[C@]2([SiH3])CCN2C)cc1C(=O)NC1(c2cc(N3CCC3)cc3ncccc23)CC1. The molecule has 1 aromatic heterocycles. The van der Waals surface area contributed by atoms with Crippen LogP contribution in [0.3, 0.4) is 0 Å². The number of likely N-dealkylation sites (N-methyl/N-ethyl adjacent to an activating group) is 1. The fraction of sp³-hybridized carbons (Fsp3) is 0.429. The lowest BCUT2D eigenvalue weighted by Gasteiger charge is -2.48. The number of rotatable bonds is 7. The number of benzene rings is 2. The van der Waals surface area contributed by atoms with E-state index >= 15 is 0 Å². The predicted octanol–water partition coefficient (Wildman–Crippen LogP) is 2.95. The van der Waals surface area contributed by atoms with E-state index in [-0.39, 0.29) is 16.6 Å². The zero-order valence-corrected chi connectivity index (χ0v) is 22.9. The van der Waals surface area contributed by atoms with Crippen LogP contribution >= 0.6 is 0 Å². The quantitative estimate of drug-likeness (QED) is 0.521. The molecule has 0 unspecified atom stereocenters. The second kappa shape index (κ2) is 8.35. The molecule has 1 saturated carbocycles. The molecule has 0 bridgehead atoms. The lowest BCUT2D eigenvalue weighted by Crippen LogP contribution is -2.61. The van der Waals surface area contributed by atoms with Gasteiger partial charge in [-0.3, -0.25) is 9.78 Å². The number of pyridine rings is 1. The third-order valence-corrected chi connectivity index (χ3v) is 10.0. The Morgan fingerprint density at radius 3 is 2.63 bits per heavy atom. The lowest BCUT2D eigenvalue weighted by molar-refractivity contribution is 0.0408.